The van der Waals surface area contributed by atoms with Crippen molar-refractivity contribution in [2.75, 3.05) is 7.11 Å². The lowest BCUT2D eigenvalue weighted by atomic mass is 10.2. The third-order valence-electron chi connectivity index (χ3n) is 2.66. The summed E-state index contributed by atoms with van der Waals surface area (Å²) >= 11 is 3.27. The molecule has 0 atom stereocenters. The van der Waals surface area contributed by atoms with Gasteiger partial charge in [-0.2, -0.15) is 0 Å². The summed E-state index contributed by atoms with van der Waals surface area (Å²) in [7, 11) is 1.60. The van der Waals surface area contributed by atoms with E-state index in [1.165, 1.54) is 12.1 Å². The molecule has 0 aromatic heterocycles. The normalized spacial score (nSPS) is 10.1. The van der Waals surface area contributed by atoms with Crippen molar-refractivity contribution in [3.8, 4) is 11.5 Å². The Morgan fingerprint density at radius 1 is 1.20 bits per heavy atom. The largest absolute Gasteiger partial charge is 0.497 e. The standard InChI is InChI=1S/C15H13BrO4/c1-19-13-4-2-3-10(5-13)9-20-14-7-11(15(17)18)6-12(16)8-14/h2-8H,9H2,1H3,(H,17,18). The number of hydrogen-bond acceptors (Lipinski definition) is 3. The first-order valence-electron chi connectivity index (χ1n) is 5.88. The number of halogens is 1. The number of rotatable bonds is 5. The van der Waals surface area contributed by atoms with Crippen LogP contribution in [0.2, 0.25) is 0 Å². The first kappa shape index (κ1) is 14.4. The Bertz CT molecular complexity index is 625. The minimum Gasteiger partial charge on any atom is -0.497 e. The highest BCUT2D eigenvalue weighted by molar-refractivity contribution is 9.10. The third kappa shape index (κ3) is 3.74. The molecule has 20 heavy (non-hydrogen) atoms. The fraction of sp³-hybridized carbons (Fsp3) is 0.133. The van der Waals surface area contributed by atoms with Crippen LogP contribution in [-0.2, 0) is 6.61 Å². The molecule has 0 bridgehead atoms. The van der Waals surface area contributed by atoms with E-state index < -0.39 is 5.97 Å². The van der Waals surface area contributed by atoms with Gasteiger partial charge >= 0.3 is 5.97 Å². The molecule has 0 saturated carbocycles. The Morgan fingerprint density at radius 2 is 2.00 bits per heavy atom. The molecule has 0 aliphatic rings. The van der Waals surface area contributed by atoms with Crippen LogP contribution in [0.15, 0.2) is 46.9 Å². The average Bonchev–Trinajstić information content (AvgIpc) is 2.44. The summed E-state index contributed by atoms with van der Waals surface area (Å²) in [6.45, 7) is 0.340. The maximum atomic E-state index is 11.0. The monoisotopic (exact) mass is 336 g/mol. The second kappa shape index (κ2) is 6.43. The van der Waals surface area contributed by atoms with Crippen LogP contribution in [0.3, 0.4) is 0 Å². The van der Waals surface area contributed by atoms with E-state index in [-0.39, 0.29) is 5.56 Å². The van der Waals surface area contributed by atoms with Crippen molar-refractivity contribution in [1.29, 1.82) is 0 Å². The molecule has 0 fully saturated rings. The van der Waals surface area contributed by atoms with E-state index in [0.717, 1.165) is 11.3 Å². The van der Waals surface area contributed by atoms with Gasteiger partial charge in [-0.1, -0.05) is 28.1 Å². The first-order chi connectivity index (χ1) is 9.58. The number of carboxylic acids is 1. The summed E-state index contributed by atoms with van der Waals surface area (Å²) in [4.78, 5) is 11.0. The molecule has 0 aliphatic carbocycles. The summed E-state index contributed by atoms with van der Waals surface area (Å²) in [5, 5.41) is 8.99. The minimum absolute atomic E-state index is 0.181. The molecular weight excluding hydrogens is 324 g/mol. The Kier molecular flexibility index (Phi) is 4.63. The van der Waals surface area contributed by atoms with Gasteiger partial charge in [0.2, 0.25) is 0 Å². The second-order valence-corrected chi connectivity index (χ2v) is 5.04. The summed E-state index contributed by atoms with van der Waals surface area (Å²) in [6.07, 6.45) is 0. The second-order valence-electron chi connectivity index (χ2n) is 4.12. The summed E-state index contributed by atoms with van der Waals surface area (Å²) in [5.41, 5.74) is 1.13. The fourth-order valence-electron chi connectivity index (χ4n) is 1.70. The van der Waals surface area contributed by atoms with E-state index in [2.05, 4.69) is 15.9 Å². The Hall–Kier alpha value is -2.01. The van der Waals surface area contributed by atoms with Gasteiger partial charge in [0.15, 0.2) is 0 Å². The van der Waals surface area contributed by atoms with Gasteiger partial charge in [0.25, 0.3) is 0 Å². The van der Waals surface area contributed by atoms with Gasteiger partial charge in [-0.3, -0.25) is 0 Å². The number of carbonyl (C=O) groups is 1. The van der Waals surface area contributed by atoms with E-state index in [1.54, 1.807) is 13.2 Å². The number of hydrogen-bond donors (Lipinski definition) is 1. The van der Waals surface area contributed by atoms with Crippen LogP contribution in [-0.4, -0.2) is 18.2 Å². The van der Waals surface area contributed by atoms with Crippen molar-refractivity contribution in [2.45, 2.75) is 6.61 Å². The average molecular weight is 337 g/mol. The highest BCUT2D eigenvalue weighted by Gasteiger charge is 2.07. The maximum absolute atomic E-state index is 11.0. The van der Waals surface area contributed by atoms with Crippen LogP contribution in [0.1, 0.15) is 15.9 Å². The topological polar surface area (TPSA) is 55.8 Å². The molecule has 0 heterocycles. The van der Waals surface area contributed by atoms with Crippen molar-refractivity contribution in [3.05, 3.63) is 58.1 Å². The van der Waals surface area contributed by atoms with E-state index in [9.17, 15) is 4.79 Å². The van der Waals surface area contributed by atoms with Crippen LogP contribution in [0, 0.1) is 0 Å². The molecule has 1 N–H and O–H groups in total. The van der Waals surface area contributed by atoms with Crippen molar-refractivity contribution in [3.63, 3.8) is 0 Å². The molecule has 4 nitrogen and oxygen atoms in total. The minimum atomic E-state index is -0.988. The summed E-state index contributed by atoms with van der Waals surface area (Å²) in [5.74, 6) is 0.267. The van der Waals surface area contributed by atoms with Gasteiger partial charge in [0.05, 0.1) is 12.7 Å². The van der Waals surface area contributed by atoms with E-state index in [1.807, 2.05) is 24.3 Å². The van der Waals surface area contributed by atoms with Gasteiger partial charge in [-0.05, 0) is 35.9 Å². The van der Waals surface area contributed by atoms with Crippen LogP contribution in [0.5, 0.6) is 11.5 Å². The molecule has 5 heteroatoms. The zero-order chi connectivity index (χ0) is 14.5. The molecule has 104 valence electrons. The van der Waals surface area contributed by atoms with Gasteiger partial charge in [-0.15, -0.1) is 0 Å². The summed E-state index contributed by atoms with van der Waals surface area (Å²) in [6, 6.07) is 12.3. The lowest BCUT2D eigenvalue weighted by Gasteiger charge is -2.09. The Morgan fingerprint density at radius 3 is 2.70 bits per heavy atom. The van der Waals surface area contributed by atoms with Crippen molar-refractivity contribution in [1.82, 2.24) is 0 Å². The van der Waals surface area contributed by atoms with Crippen LogP contribution in [0.25, 0.3) is 0 Å². The molecule has 0 aliphatic heterocycles. The van der Waals surface area contributed by atoms with Gasteiger partial charge in [-0.25, -0.2) is 4.79 Å². The molecule has 0 spiro atoms. The molecule has 0 amide bonds. The smallest absolute Gasteiger partial charge is 0.335 e. The number of ether oxygens (including phenoxy) is 2. The number of aromatic carboxylic acids is 1. The number of carboxylic acid groups (broad SMARTS) is 1. The summed E-state index contributed by atoms with van der Waals surface area (Å²) < 4.78 is 11.4. The predicted molar refractivity (Wildman–Crippen MR) is 78.4 cm³/mol. The zero-order valence-corrected chi connectivity index (χ0v) is 12.4. The molecule has 0 unspecified atom stereocenters. The SMILES string of the molecule is COc1cccc(COc2cc(Br)cc(C(=O)O)c2)c1. The van der Waals surface area contributed by atoms with Gasteiger partial charge in [0, 0.05) is 4.47 Å². The third-order valence-corrected chi connectivity index (χ3v) is 3.12. The lowest BCUT2D eigenvalue weighted by molar-refractivity contribution is 0.0696. The molecule has 0 radical (unpaired) electrons. The molecule has 2 aromatic rings. The van der Waals surface area contributed by atoms with Crippen molar-refractivity contribution in [2.24, 2.45) is 0 Å². The highest BCUT2D eigenvalue weighted by atomic mass is 79.9. The predicted octanol–water partition coefficient (Wildman–Crippen LogP) is 3.73. The fourth-order valence-corrected chi connectivity index (χ4v) is 2.17. The maximum Gasteiger partial charge on any atom is 0.335 e. The number of methoxy groups -OCH3 is 1. The first-order valence-corrected chi connectivity index (χ1v) is 6.67. The van der Waals surface area contributed by atoms with E-state index in [4.69, 9.17) is 14.6 Å². The van der Waals surface area contributed by atoms with Crippen LogP contribution < -0.4 is 9.47 Å². The van der Waals surface area contributed by atoms with Crippen molar-refractivity contribution < 1.29 is 19.4 Å². The Labute approximate surface area is 125 Å². The Balaban J connectivity index is 2.12. The van der Waals surface area contributed by atoms with Crippen molar-refractivity contribution >= 4 is 21.9 Å². The highest BCUT2D eigenvalue weighted by Crippen LogP contribution is 2.23. The quantitative estimate of drug-likeness (QED) is 0.903. The molecular formula is C15H13BrO4. The zero-order valence-electron chi connectivity index (χ0n) is 10.8. The molecule has 2 aromatic carbocycles. The molecule has 0 saturated heterocycles. The van der Waals surface area contributed by atoms with Gasteiger partial charge < -0.3 is 14.6 Å². The van der Waals surface area contributed by atoms with Gasteiger partial charge in [0.1, 0.15) is 18.1 Å². The molecule has 2 rings (SSSR count). The van der Waals surface area contributed by atoms with Crippen LogP contribution >= 0.6 is 15.9 Å². The van der Waals surface area contributed by atoms with E-state index in [0.29, 0.717) is 16.8 Å². The van der Waals surface area contributed by atoms with E-state index >= 15 is 0 Å². The lowest BCUT2D eigenvalue weighted by Crippen LogP contribution is -2.00. The van der Waals surface area contributed by atoms with Crippen LogP contribution in [0.4, 0.5) is 0 Å². The number of benzene rings is 2.